The molecule has 6 heteroatoms. The van der Waals surface area contributed by atoms with Gasteiger partial charge in [0.25, 0.3) is 0 Å². The van der Waals surface area contributed by atoms with Crippen LogP contribution in [-0.2, 0) is 17.8 Å². The van der Waals surface area contributed by atoms with Gasteiger partial charge in [0.05, 0.1) is 12.5 Å². The van der Waals surface area contributed by atoms with Gasteiger partial charge in [-0.25, -0.2) is 0 Å². The second-order valence-corrected chi connectivity index (χ2v) is 5.77. The van der Waals surface area contributed by atoms with Crippen molar-refractivity contribution in [2.24, 2.45) is 0 Å². The number of aryl methyl sites for hydroxylation is 1. The fourth-order valence-corrected chi connectivity index (χ4v) is 2.69. The van der Waals surface area contributed by atoms with E-state index in [1.165, 1.54) is 0 Å². The first-order valence-electron chi connectivity index (χ1n) is 8.18. The first kappa shape index (κ1) is 16.8. The molecule has 0 saturated carbocycles. The quantitative estimate of drug-likeness (QED) is 0.776. The summed E-state index contributed by atoms with van der Waals surface area (Å²) in [6.45, 7) is 1.13. The molecule has 1 aromatic carbocycles. The summed E-state index contributed by atoms with van der Waals surface area (Å²) in [5, 5.41) is 8.83. The highest BCUT2D eigenvalue weighted by Crippen LogP contribution is 2.32. The lowest BCUT2D eigenvalue weighted by atomic mass is 10.1. The Labute approximate surface area is 146 Å². The summed E-state index contributed by atoms with van der Waals surface area (Å²) < 4.78 is 10.7. The predicted molar refractivity (Wildman–Crippen MR) is 90.8 cm³/mol. The molecule has 1 aliphatic heterocycles. The summed E-state index contributed by atoms with van der Waals surface area (Å²) in [7, 11) is 0. The molecule has 6 nitrogen and oxygen atoms in total. The van der Waals surface area contributed by atoms with Crippen molar-refractivity contribution in [3.63, 3.8) is 0 Å². The summed E-state index contributed by atoms with van der Waals surface area (Å²) in [4.78, 5) is 18.4. The lowest BCUT2D eigenvalue weighted by molar-refractivity contribution is -0.131. The molecule has 0 aliphatic carbocycles. The van der Waals surface area contributed by atoms with Gasteiger partial charge >= 0.3 is 0 Å². The van der Waals surface area contributed by atoms with Crippen LogP contribution in [0.2, 0.25) is 0 Å². The summed E-state index contributed by atoms with van der Waals surface area (Å²) in [5.74, 6) is 1.49. The number of carbonyl (C=O) groups excluding carboxylic acids is 1. The summed E-state index contributed by atoms with van der Waals surface area (Å²) in [5.41, 5.74) is 1.98. The van der Waals surface area contributed by atoms with Crippen molar-refractivity contribution >= 4 is 5.91 Å². The van der Waals surface area contributed by atoms with Crippen LogP contribution in [0.1, 0.15) is 24.0 Å². The number of fused-ring (bicyclic) bond motifs is 1. The van der Waals surface area contributed by atoms with Crippen LogP contribution < -0.4 is 9.47 Å². The molecule has 2 aromatic rings. The number of pyridine rings is 1. The molecule has 0 atom stereocenters. The smallest absolute Gasteiger partial charge is 0.231 e. The highest BCUT2D eigenvalue weighted by Gasteiger charge is 2.16. The third-order valence-electron chi connectivity index (χ3n) is 4.01. The van der Waals surface area contributed by atoms with Gasteiger partial charge in [-0.2, -0.15) is 5.26 Å². The zero-order chi connectivity index (χ0) is 17.5. The Bertz CT molecular complexity index is 771. The maximum atomic E-state index is 12.6. The van der Waals surface area contributed by atoms with Gasteiger partial charge in [-0.15, -0.1) is 0 Å². The number of rotatable bonds is 7. The van der Waals surface area contributed by atoms with Crippen LogP contribution in [0.4, 0.5) is 0 Å². The van der Waals surface area contributed by atoms with Gasteiger partial charge < -0.3 is 14.4 Å². The number of hydrogen-bond acceptors (Lipinski definition) is 5. The molecule has 0 N–H and O–H groups in total. The molecule has 25 heavy (non-hydrogen) atoms. The first-order chi connectivity index (χ1) is 12.3. The van der Waals surface area contributed by atoms with E-state index in [9.17, 15) is 4.79 Å². The van der Waals surface area contributed by atoms with Gasteiger partial charge in [-0.3, -0.25) is 9.78 Å². The molecule has 0 bridgehead atoms. The standard InChI is InChI=1S/C19H19N3O3/c20-8-2-10-22(13-16-3-1-9-21-12-16)19(23)7-5-15-4-6-17-18(11-15)25-14-24-17/h1,3-4,6,9,11-12H,2,5,7,10,13-14H2. The first-order valence-corrected chi connectivity index (χ1v) is 8.18. The minimum atomic E-state index is 0.0248. The van der Waals surface area contributed by atoms with E-state index in [2.05, 4.69) is 11.1 Å². The van der Waals surface area contributed by atoms with E-state index in [4.69, 9.17) is 14.7 Å². The fraction of sp³-hybridized carbons (Fsp3) is 0.316. The monoisotopic (exact) mass is 337 g/mol. The average molecular weight is 337 g/mol. The van der Waals surface area contributed by atoms with Gasteiger partial charge in [0.15, 0.2) is 11.5 Å². The molecule has 128 valence electrons. The van der Waals surface area contributed by atoms with Gasteiger partial charge in [-0.05, 0) is 35.7 Å². The number of ether oxygens (including phenoxy) is 2. The SMILES string of the molecule is N#CCCN(Cc1cccnc1)C(=O)CCc1ccc2c(c1)OCO2. The molecule has 0 saturated heterocycles. The van der Waals surface area contributed by atoms with E-state index in [1.54, 1.807) is 17.3 Å². The lowest BCUT2D eigenvalue weighted by Crippen LogP contribution is -2.31. The Morgan fingerprint density at radius 1 is 1.24 bits per heavy atom. The third-order valence-corrected chi connectivity index (χ3v) is 4.01. The van der Waals surface area contributed by atoms with Crippen LogP contribution in [0.15, 0.2) is 42.7 Å². The molecule has 2 heterocycles. The zero-order valence-electron chi connectivity index (χ0n) is 13.9. The lowest BCUT2D eigenvalue weighted by Gasteiger charge is -2.21. The topological polar surface area (TPSA) is 75.5 Å². The van der Waals surface area contributed by atoms with Crippen LogP contribution in [0.5, 0.6) is 11.5 Å². The highest BCUT2D eigenvalue weighted by atomic mass is 16.7. The molecule has 3 rings (SSSR count). The maximum Gasteiger partial charge on any atom is 0.231 e. The van der Waals surface area contributed by atoms with Crippen molar-refractivity contribution in [2.45, 2.75) is 25.8 Å². The highest BCUT2D eigenvalue weighted by molar-refractivity contribution is 5.76. The van der Waals surface area contributed by atoms with Crippen molar-refractivity contribution in [1.82, 2.24) is 9.88 Å². The van der Waals surface area contributed by atoms with Crippen LogP contribution in [0.3, 0.4) is 0 Å². The molecule has 0 unspecified atom stereocenters. The van der Waals surface area contributed by atoms with Crippen molar-refractivity contribution in [3.8, 4) is 17.6 Å². The summed E-state index contributed by atoms with van der Waals surface area (Å²) >= 11 is 0. The minimum absolute atomic E-state index is 0.0248. The van der Waals surface area contributed by atoms with Crippen molar-refractivity contribution in [3.05, 3.63) is 53.9 Å². The van der Waals surface area contributed by atoms with Gasteiger partial charge in [0.1, 0.15) is 0 Å². The molecule has 1 amide bonds. The largest absolute Gasteiger partial charge is 0.454 e. The second kappa shape index (κ2) is 8.15. The molecular weight excluding hydrogens is 318 g/mol. The fourth-order valence-electron chi connectivity index (χ4n) is 2.69. The van der Waals surface area contributed by atoms with Crippen molar-refractivity contribution < 1.29 is 14.3 Å². The number of carbonyl (C=O) groups is 1. The summed E-state index contributed by atoms with van der Waals surface area (Å²) in [6, 6.07) is 11.6. The molecular formula is C19H19N3O3. The number of nitriles is 1. The number of aromatic nitrogens is 1. The summed E-state index contributed by atoms with van der Waals surface area (Å²) in [6.07, 6.45) is 4.75. The average Bonchev–Trinajstić information content (AvgIpc) is 3.11. The maximum absolute atomic E-state index is 12.6. The predicted octanol–water partition coefficient (Wildman–Crippen LogP) is 2.69. The molecule has 1 aliphatic rings. The van der Waals surface area contributed by atoms with Crippen molar-refractivity contribution in [1.29, 1.82) is 5.26 Å². The molecule has 0 spiro atoms. The van der Waals surface area contributed by atoms with E-state index in [0.29, 0.717) is 32.4 Å². The number of amides is 1. The van der Waals surface area contributed by atoms with Crippen LogP contribution in [-0.4, -0.2) is 29.1 Å². The van der Waals surface area contributed by atoms with Gasteiger partial charge in [0.2, 0.25) is 12.7 Å². The molecule has 0 radical (unpaired) electrons. The Balaban J connectivity index is 1.60. The Hall–Kier alpha value is -3.07. The van der Waals surface area contributed by atoms with E-state index < -0.39 is 0 Å². The second-order valence-electron chi connectivity index (χ2n) is 5.77. The molecule has 1 aromatic heterocycles. The van der Waals surface area contributed by atoms with Crippen molar-refractivity contribution in [2.75, 3.05) is 13.3 Å². The normalized spacial score (nSPS) is 11.8. The third kappa shape index (κ3) is 4.48. The van der Waals surface area contributed by atoms with Crippen LogP contribution in [0, 0.1) is 11.3 Å². The van der Waals surface area contributed by atoms with E-state index in [-0.39, 0.29) is 12.7 Å². The number of benzene rings is 1. The number of nitrogens with zero attached hydrogens (tertiary/aromatic N) is 3. The van der Waals surface area contributed by atoms with E-state index in [0.717, 1.165) is 22.6 Å². The van der Waals surface area contributed by atoms with Crippen LogP contribution in [0.25, 0.3) is 0 Å². The van der Waals surface area contributed by atoms with Gasteiger partial charge in [0, 0.05) is 31.9 Å². The van der Waals surface area contributed by atoms with Crippen LogP contribution >= 0.6 is 0 Å². The molecule has 0 fully saturated rings. The number of hydrogen-bond donors (Lipinski definition) is 0. The van der Waals surface area contributed by atoms with Gasteiger partial charge in [-0.1, -0.05) is 12.1 Å². The van der Waals surface area contributed by atoms with E-state index in [1.807, 2.05) is 30.3 Å². The Kier molecular flexibility index (Phi) is 5.47. The van der Waals surface area contributed by atoms with E-state index >= 15 is 0 Å². The zero-order valence-corrected chi connectivity index (χ0v) is 13.9. The minimum Gasteiger partial charge on any atom is -0.454 e. The Morgan fingerprint density at radius 2 is 2.12 bits per heavy atom. The Morgan fingerprint density at radius 3 is 2.92 bits per heavy atom.